The van der Waals surface area contributed by atoms with E-state index in [0.29, 0.717) is 0 Å². The fourth-order valence-electron chi connectivity index (χ4n) is 1.29. The van der Waals surface area contributed by atoms with E-state index >= 15 is 0 Å². The Morgan fingerprint density at radius 1 is 1.47 bits per heavy atom. The molecule has 0 aliphatic carbocycles. The van der Waals surface area contributed by atoms with Crippen LogP contribution in [0.4, 0.5) is 5.69 Å². The number of carbonyl (C=O) groups excluding carboxylic acids is 2. The standard InChI is InChI=1S/C10H11N3O6/c1-18-9-6(3-2-4-7(9)13(16)17)10(15)12-19-5-8(11)14/h2-4H,5H2,1H3,(H2,11,14)(H,12,15). The summed E-state index contributed by atoms with van der Waals surface area (Å²) in [6.07, 6.45) is 0. The minimum Gasteiger partial charge on any atom is -0.490 e. The number of nitro groups is 1. The predicted molar refractivity (Wildman–Crippen MR) is 62.3 cm³/mol. The lowest BCUT2D eigenvalue weighted by Crippen LogP contribution is -2.29. The van der Waals surface area contributed by atoms with Crippen LogP contribution in [0.1, 0.15) is 10.4 Å². The molecule has 9 nitrogen and oxygen atoms in total. The van der Waals surface area contributed by atoms with Crippen molar-refractivity contribution in [2.75, 3.05) is 13.7 Å². The monoisotopic (exact) mass is 269 g/mol. The number of ether oxygens (including phenoxy) is 1. The van der Waals surface area contributed by atoms with Crippen molar-refractivity contribution in [3.05, 3.63) is 33.9 Å². The SMILES string of the molecule is COc1c(C(=O)NOCC(N)=O)cccc1[N+](=O)[O-]. The molecule has 9 heteroatoms. The molecule has 0 bridgehead atoms. The number of hydrogen-bond donors (Lipinski definition) is 2. The summed E-state index contributed by atoms with van der Waals surface area (Å²) >= 11 is 0. The molecular weight excluding hydrogens is 258 g/mol. The van der Waals surface area contributed by atoms with Crippen LogP contribution in [0.25, 0.3) is 0 Å². The van der Waals surface area contributed by atoms with Gasteiger partial charge >= 0.3 is 5.69 Å². The Morgan fingerprint density at radius 2 is 2.16 bits per heavy atom. The summed E-state index contributed by atoms with van der Waals surface area (Å²) in [5.74, 6) is -1.76. The number of nitrogens with zero attached hydrogens (tertiary/aromatic N) is 1. The van der Waals surface area contributed by atoms with Crippen molar-refractivity contribution in [2.24, 2.45) is 5.73 Å². The number of primary amides is 1. The van der Waals surface area contributed by atoms with Crippen LogP contribution in [0.5, 0.6) is 5.75 Å². The van der Waals surface area contributed by atoms with E-state index < -0.39 is 23.3 Å². The second-order valence-electron chi connectivity index (χ2n) is 3.30. The summed E-state index contributed by atoms with van der Waals surface area (Å²) in [6, 6.07) is 3.83. The minimum absolute atomic E-state index is 0.0961. The highest BCUT2D eigenvalue weighted by molar-refractivity contribution is 5.97. The zero-order valence-corrected chi connectivity index (χ0v) is 9.91. The van der Waals surface area contributed by atoms with Crippen LogP contribution < -0.4 is 16.0 Å². The van der Waals surface area contributed by atoms with Gasteiger partial charge in [-0.05, 0) is 6.07 Å². The molecule has 1 rings (SSSR count). The average molecular weight is 269 g/mol. The van der Waals surface area contributed by atoms with Crippen molar-refractivity contribution in [3.63, 3.8) is 0 Å². The highest BCUT2D eigenvalue weighted by atomic mass is 16.7. The van der Waals surface area contributed by atoms with Crippen LogP contribution >= 0.6 is 0 Å². The quantitative estimate of drug-likeness (QED) is 0.540. The molecule has 0 radical (unpaired) electrons. The molecule has 0 unspecified atom stereocenters. The Hall–Kier alpha value is -2.68. The highest BCUT2D eigenvalue weighted by Crippen LogP contribution is 2.30. The Morgan fingerprint density at radius 3 is 2.68 bits per heavy atom. The summed E-state index contributed by atoms with van der Waals surface area (Å²) in [6.45, 7) is -0.511. The van der Waals surface area contributed by atoms with Gasteiger partial charge in [0.05, 0.1) is 17.6 Å². The van der Waals surface area contributed by atoms with Crippen LogP contribution in [0.15, 0.2) is 18.2 Å². The molecule has 0 aliphatic rings. The molecule has 0 aromatic heterocycles. The normalized spacial score (nSPS) is 9.74. The number of nitrogens with one attached hydrogen (secondary N) is 1. The lowest BCUT2D eigenvalue weighted by molar-refractivity contribution is -0.385. The van der Waals surface area contributed by atoms with Crippen LogP contribution in [0.2, 0.25) is 0 Å². The number of hydrogen-bond acceptors (Lipinski definition) is 6. The van der Waals surface area contributed by atoms with Gasteiger partial charge in [-0.25, -0.2) is 5.48 Å². The van der Waals surface area contributed by atoms with Gasteiger partial charge in [0.15, 0.2) is 6.61 Å². The van der Waals surface area contributed by atoms with Crippen molar-refractivity contribution in [1.82, 2.24) is 5.48 Å². The number of nitro benzene ring substituents is 1. The molecule has 0 fully saturated rings. The molecule has 1 aromatic carbocycles. The Labute approximate surface area is 107 Å². The molecular formula is C10H11N3O6. The van der Waals surface area contributed by atoms with Crippen LogP contribution in [0, 0.1) is 10.1 Å². The third-order valence-corrected chi connectivity index (χ3v) is 2.02. The van der Waals surface area contributed by atoms with Gasteiger partial charge in [0.2, 0.25) is 11.7 Å². The molecule has 0 heterocycles. The first-order valence-electron chi connectivity index (χ1n) is 4.99. The molecule has 102 valence electrons. The van der Waals surface area contributed by atoms with Crippen molar-refractivity contribution in [3.8, 4) is 5.75 Å². The molecule has 2 amide bonds. The summed E-state index contributed by atoms with van der Waals surface area (Å²) in [5, 5.41) is 10.8. The number of carbonyl (C=O) groups is 2. The van der Waals surface area contributed by atoms with Crippen molar-refractivity contribution in [1.29, 1.82) is 0 Å². The highest BCUT2D eigenvalue weighted by Gasteiger charge is 2.22. The molecule has 0 spiro atoms. The number of hydroxylamine groups is 1. The zero-order chi connectivity index (χ0) is 14.4. The topological polar surface area (TPSA) is 134 Å². The van der Waals surface area contributed by atoms with Crippen molar-refractivity contribution >= 4 is 17.5 Å². The summed E-state index contributed by atoms with van der Waals surface area (Å²) < 4.78 is 4.84. The maximum Gasteiger partial charge on any atom is 0.311 e. The molecule has 3 N–H and O–H groups in total. The minimum atomic E-state index is -0.790. The largest absolute Gasteiger partial charge is 0.490 e. The van der Waals surface area contributed by atoms with Crippen molar-refractivity contribution < 1.29 is 24.1 Å². The van der Waals surface area contributed by atoms with E-state index in [0.717, 1.165) is 0 Å². The summed E-state index contributed by atoms with van der Waals surface area (Å²) in [7, 11) is 1.20. The number of amides is 2. The average Bonchev–Trinajstić information content (AvgIpc) is 2.36. The predicted octanol–water partition coefficient (Wildman–Crippen LogP) is -0.250. The van der Waals surface area contributed by atoms with Crippen molar-refractivity contribution in [2.45, 2.75) is 0 Å². The first-order valence-corrected chi connectivity index (χ1v) is 4.99. The van der Waals surface area contributed by atoms with Gasteiger partial charge in [-0.2, -0.15) is 0 Å². The molecule has 0 atom stereocenters. The Kier molecular flexibility index (Phi) is 4.77. The molecule has 1 aromatic rings. The maximum absolute atomic E-state index is 11.7. The fourth-order valence-corrected chi connectivity index (χ4v) is 1.29. The third-order valence-electron chi connectivity index (χ3n) is 2.02. The number of nitrogens with two attached hydrogens (primary N) is 1. The maximum atomic E-state index is 11.7. The number of rotatable bonds is 6. The van der Waals surface area contributed by atoms with E-state index in [2.05, 4.69) is 4.84 Å². The van der Waals surface area contributed by atoms with Gasteiger partial charge < -0.3 is 10.5 Å². The van der Waals surface area contributed by atoms with E-state index in [1.165, 1.54) is 25.3 Å². The van der Waals surface area contributed by atoms with E-state index in [9.17, 15) is 19.7 Å². The second kappa shape index (κ2) is 6.31. The molecule has 0 saturated carbocycles. The molecule has 0 saturated heterocycles. The van der Waals surface area contributed by atoms with Gasteiger partial charge in [0.25, 0.3) is 5.91 Å². The first kappa shape index (κ1) is 14.4. The Balaban J connectivity index is 2.93. The molecule has 19 heavy (non-hydrogen) atoms. The number of methoxy groups -OCH3 is 1. The second-order valence-corrected chi connectivity index (χ2v) is 3.30. The van der Waals surface area contributed by atoms with Gasteiger partial charge in [-0.1, -0.05) is 6.07 Å². The van der Waals surface area contributed by atoms with E-state index in [-0.39, 0.29) is 17.0 Å². The van der Waals surface area contributed by atoms with E-state index in [1.807, 2.05) is 5.48 Å². The third kappa shape index (κ3) is 3.64. The summed E-state index contributed by atoms with van der Waals surface area (Å²) in [4.78, 5) is 36.7. The summed E-state index contributed by atoms with van der Waals surface area (Å²) in [5.41, 5.74) is 6.28. The van der Waals surface area contributed by atoms with Gasteiger partial charge in [0, 0.05) is 6.07 Å². The lowest BCUT2D eigenvalue weighted by Gasteiger charge is -2.08. The fraction of sp³-hybridized carbons (Fsp3) is 0.200. The van der Waals surface area contributed by atoms with Crippen LogP contribution in [-0.4, -0.2) is 30.5 Å². The van der Waals surface area contributed by atoms with Gasteiger partial charge in [-0.15, -0.1) is 0 Å². The van der Waals surface area contributed by atoms with E-state index in [1.54, 1.807) is 0 Å². The van der Waals surface area contributed by atoms with Gasteiger partial charge in [0.1, 0.15) is 0 Å². The van der Waals surface area contributed by atoms with Crippen LogP contribution in [-0.2, 0) is 9.63 Å². The number of para-hydroxylation sites is 1. The van der Waals surface area contributed by atoms with Gasteiger partial charge in [-0.3, -0.25) is 24.5 Å². The number of benzene rings is 1. The first-order chi connectivity index (χ1) is 8.97. The smallest absolute Gasteiger partial charge is 0.311 e. The molecule has 0 aliphatic heterocycles. The Bertz CT molecular complexity index is 516. The lowest BCUT2D eigenvalue weighted by atomic mass is 10.1. The van der Waals surface area contributed by atoms with Crippen LogP contribution in [0.3, 0.4) is 0 Å². The van der Waals surface area contributed by atoms with E-state index in [4.69, 9.17) is 10.5 Å². The zero-order valence-electron chi connectivity index (χ0n) is 9.91.